The van der Waals surface area contributed by atoms with Crippen molar-refractivity contribution in [3.63, 3.8) is 0 Å². The summed E-state index contributed by atoms with van der Waals surface area (Å²) >= 11 is 6.06. The van der Waals surface area contributed by atoms with Crippen molar-refractivity contribution in [2.24, 2.45) is 5.73 Å². The topological polar surface area (TPSA) is 51.8 Å². The van der Waals surface area contributed by atoms with Gasteiger partial charge in [-0.25, -0.2) is 0 Å². The molecule has 0 bridgehead atoms. The third-order valence-corrected chi connectivity index (χ3v) is 3.30. The molecular formula is C15H12ClN3. The van der Waals surface area contributed by atoms with Gasteiger partial charge < -0.3 is 5.73 Å². The number of fused-ring (bicyclic) bond motifs is 1. The maximum atomic E-state index is 6.06. The number of hydrogen-bond donors (Lipinski definition) is 1. The van der Waals surface area contributed by atoms with Crippen LogP contribution in [0, 0.1) is 0 Å². The number of aromatic nitrogens is 2. The van der Waals surface area contributed by atoms with Crippen molar-refractivity contribution in [1.29, 1.82) is 0 Å². The molecule has 0 spiro atoms. The van der Waals surface area contributed by atoms with Crippen molar-refractivity contribution in [2.75, 3.05) is 0 Å². The Morgan fingerprint density at radius 1 is 1.05 bits per heavy atom. The summed E-state index contributed by atoms with van der Waals surface area (Å²) in [5, 5.41) is 2.74. The van der Waals surface area contributed by atoms with Crippen LogP contribution in [-0.4, -0.2) is 9.97 Å². The number of nitrogens with zero attached hydrogens (tertiary/aromatic N) is 2. The fourth-order valence-corrected chi connectivity index (χ4v) is 2.33. The number of pyridine rings is 2. The molecule has 0 fully saturated rings. The van der Waals surface area contributed by atoms with Crippen molar-refractivity contribution in [2.45, 2.75) is 6.54 Å². The molecule has 4 heteroatoms. The molecule has 19 heavy (non-hydrogen) atoms. The Morgan fingerprint density at radius 3 is 2.68 bits per heavy atom. The number of halogens is 1. The highest BCUT2D eigenvalue weighted by molar-refractivity contribution is 6.31. The van der Waals surface area contributed by atoms with Crippen molar-refractivity contribution in [3.8, 4) is 11.3 Å². The monoisotopic (exact) mass is 269 g/mol. The molecule has 3 aromatic rings. The third kappa shape index (κ3) is 2.18. The molecule has 0 aliphatic carbocycles. The summed E-state index contributed by atoms with van der Waals surface area (Å²) in [6, 6.07) is 11.6. The largest absolute Gasteiger partial charge is 0.325 e. The molecule has 1 aromatic carbocycles. The summed E-state index contributed by atoms with van der Waals surface area (Å²) in [6.07, 6.45) is 3.59. The van der Waals surface area contributed by atoms with Crippen LogP contribution < -0.4 is 5.73 Å². The van der Waals surface area contributed by atoms with E-state index < -0.39 is 0 Å². The molecule has 0 atom stereocenters. The quantitative estimate of drug-likeness (QED) is 0.776. The lowest BCUT2D eigenvalue weighted by molar-refractivity contribution is 1.01. The van der Waals surface area contributed by atoms with Gasteiger partial charge in [-0.3, -0.25) is 9.97 Å². The number of nitrogens with two attached hydrogens (primary N) is 1. The lowest BCUT2D eigenvalue weighted by Gasteiger charge is -2.09. The van der Waals surface area contributed by atoms with Crippen molar-refractivity contribution < 1.29 is 0 Å². The van der Waals surface area contributed by atoms with E-state index in [1.54, 1.807) is 6.20 Å². The molecule has 0 aliphatic rings. The molecule has 2 heterocycles. The summed E-state index contributed by atoms with van der Waals surface area (Å²) in [5.74, 6) is 0. The molecule has 0 radical (unpaired) electrons. The SMILES string of the molecule is NCc1ncc(-c2ccccn2)c2ccc(Cl)cc12. The predicted molar refractivity (Wildman–Crippen MR) is 77.9 cm³/mol. The Balaban J connectivity index is 2.33. The van der Waals surface area contributed by atoms with Gasteiger partial charge in [-0.15, -0.1) is 0 Å². The van der Waals surface area contributed by atoms with Gasteiger partial charge in [0.1, 0.15) is 0 Å². The van der Waals surface area contributed by atoms with Gasteiger partial charge in [-0.1, -0.05) is 23.7 Å². The lowest BCUT2D eigenvalue weighted by Crippen LogP contribution is -2.01. The minimum atomic E-state index is 0.388. The van der Waals surface area contributed by atoms with Gasteiger partial charge in [0.25, 0.3) is 0 Å². The summed E-state index contributed by atoms with van der Waals surface area (Å²) < 4.78 is 0. The minimum Gasteiger partial charge on any atom is -0.325 e. The van der Waals surface area contributed by atoms with Gasteiger partial charge in [0, 0.05) is 34.9 Å². The first-order chi connectivity index (χ1) is 9.29. The molecule has 0 saturated carbocycles. The number of rotatable bonds is 2. The van der Waals surface area contributed by atoms with Gasteiger partial charge in [-0.2, -0.15) is 0 Å². The van der Waals surface area contributed by atoms with Gasteiger partial charge in [-0.05, 0) is 29.7 Å². The van der Waals surface area contributed by atoms with Crippen LogP contribution in [0.4, 0.5) is 0 Å². The van der Waals surface area contributed by atoms with E-state index in [9.17, 15) is 0 Å². The van der Waals surface area contributed by atoms with E-state index in [1.807, 2.05) is 42.6 Å². The van der Waals surface area contributed by atoms with Gasteiger partial charge in [0.05, 0.1) is 11.4 Å². The van der Waals surface area contributed by atoms with Crippen LogP contribution in [0.2, 0.25) is 5.02 Å². The fraction of sp³-hybridized carbons (Fsp3) is 0.0667. The normalized spacial score (nSPS) is 10.8. The van der Waals surface area contributed by atoms with Crippen LogP contribution in [0.15, 0.2) is 48.8 Å². The summed E-state index contributed by atoms with van der Waals surface area (Å²) in [7, 11) is 0. The third-order valence-electron chi connectivity index (χ3n) is 3.07. The minimum absolute atomic E-state index is 0.388. The Kier molecular flexibility index (Phi) is 3.15. The second-order valence-electron chi connectivity index (χ2n) is 4.23. The summed E-state index contributed by atoms with van der Waals surface area (Å²) in [5.41, 5.74) is 8.46. The van der Waals surface area contributed by atoms with Crippen LogP contribution in [0.3, 0.4) is 0 Å². The Morgan fingerprint density at radius 2 is 1.95 bits per heavy atom. The molecule has 3 rings (SSSR count). The van der Waals surface area contributed by atoms with Crippen LogP contribution in [-0.2, 0) is 6.54 Å². The first-order valence-corrected chi connectivity index (χ1v) is 6.36. The average molecular weight is 270 g/mol. The van der Waals surface area contributed by atoms with Crippen LogP contribution in [0.5, 0.6) is 0 Å². The van der Waals surface area contributed by atoms with E-state index in [4.69, 9.17) is 17.3 Å². The second-order valence-corrected chi connectivity index (χ2v) is 4.66. The highest BCUT2D eigenvalue weighted by atomic mass is 35.5. The summed E-state index contributed by atoms with van der Waals surface area (Å²) in [6.45, 7) is 0.388. The molecular weight excluding hydrogens is 258 g/mol. The highest BCUT2D eigenvalue weighted by Gasteiger charge is 2.09. The van der Waals surface area contributed by atoms with Gasteiger partial charge >= 0.3 is 0 Å². The van der Waals surface area contributed by atoms with Crippen molar-refractivity contribution >= 4 is 22.4 Å². The zero-order valence-electron chi connectivity index (χ0n) is 10.2. The Labute approximate surface area is 116 Å². The highest BCUT2D eigenvalue weighted by Crippen LogP contribution is 2.30. The van der Waals surface area contributed by atoms with Crippen molar-refractivity contribution in [3.05, 3.63) is 59.5 Å². The summed E-state index contributed by atoms with van der Waals surface area (Å²) in [4.78, 5) is 8.79. The molecule has 3 nitrogen and oxygen atoms in total. The Hall–Kier alpha value is -1.97. The van der Waals surface area contributed by atoms with E-state index in [0.29, 0.717) is 11.6 Å². The fourth-order valence-electron chi connectivity index (χ4n) is 2.16. The molecule has 0 unspecified atom stereocenters. The smallest absolute Gasteiger partial charge is 0.0723 e. The Bertz CT molecular complexity index is 726. The standard InChI is InChI=1S/C15H12ClN3/c16-10-4-5-11-12(7-10)15(8-17)19-9-13(11)14-3-1-2-6-18-14/h1-7,9H,8,17H2. The lowest BCUT2D eigenvalue weighted by atomic mass is 10.0. The van der Waals surface area contributed by atoms with E-state index >= 15 is 0 Å². The van der Waals surface area contributed by atoms with Gasteiger partial charge in [0.15, 0.2) is 0 Å². The predicted octanol–water partition coefficient (Wildman–Crippen LogP) is 3.41. The molecule has 94 valence electrons. The molecule has 0 aliphatic heterocycles. The van der Waals surface area contributed by atoms with E-state index in [2.05, 4.69) is 9.97 Å². The second kappa shape index (κ2) is 4.96. The van der Waals surface area contributed by atoms with Gasteiger partial charge in [0.2, 0.25) is 0 Å². The number of benzene rings is 1. The van der Waals surface area contributed by atoms with Crippen molar-refractivity contribution in [1.82, 2.24) is 9.97 Å². The van der Waals surface area contributed by atoms with E-state index in [1.165, 1.54) is 0 Å². The zero-order valence-corrected chi connectivity index (χ0v) is 10.9. The molecule has 2 aromatic heterocycles. The first kappa shape index (κ1) is 12.1. The molecule has 0 amide bonds. The van der Waals surface area contributed by atoms with Crippen LogP contribution in [0.1, 0.15) is 5.69 Å². The maximum Gasteiger partial charge on any atom is 0.0723 e. The van der Waals surface area contributed by atoms with E-state index in [-0.39, 0.29) is 0 Å². The van der Waals surface area contributed by atoms with Crippen LogP contribution in [0.25, 0.3) is 22.0 Å². The van der Waals surface area contributed by atoms with Crippen LogP contribution >= 0.6 is 11.6 Å². The first-order valence-electron chi connectivity index (χ1n) is 5.98. The molecule has 0 saturated heterocycles. The molecule has 2 N–H and O–H groups in total. The average Bonchev–Trinajstić information content (AvgIpc) is 2.47. The number of hydrogen-bond acceptors (Lipinski definition) is 3. The van der Waals surface area contributed by atoms with E-state index in [0.717, 1.165) is 27.7 Å². The zero-order chi connectivity index (χ0) is 13.2. The maximum absolute atomic E-state index is 6.06.